The molecule has 2 aromatic carbocycles. The standard InChI is InChI=1S/C27H20FN9O/c1-14(24-18-4-3-16(28)11-21(18)37(35-24)17-6-8-31-9-7-17)36-12-19(23-25(29)32-13-33-26(23)36)15-2-5-22-20(10-15)34-27(30)38-22/h2-14H,1H3,(H2,30,34)(H2,29,32,33). The molecule has 0 aliphatic rings. The first kappa shape index (κ1) is 21.9. The Labute approximate surface area is 214 Å². The minimum atomic E-state index is -0.343. The smallest absolute Gasteiger partial charge is 0.292 e. The lowest BCUT2D eigenvalue weighted by atomic mass is 10.1. The summed E-state index contributed by atoms with van der Waals surface area (Å²) in [5.41, 5.74) is 17.8. The van der Waals surface area contributed by atoms with Gasteiger partial charge >= 0.3 is 0 Å². The Balaban J connectivity index is 1.44. The van der Waals surface area contributed by atoms with Gasteiger partial charge < -0.3 is 20.5 Å². The van der Waals surface area contributed by atoms with Crippen LogP contribution in [0, 0.1) is 5.82 Å². The van der Waals surface area contributed by atoms with E-state index in [1.165, 1.54) is 18.5 Å². The monoisotopic (exact) mass is 505 g/mol. The number of rotatable bonds is 4. The third-order valence-corrected chi connectivity index (χ3v) is 6.75. The van der Waals surface area contributed by atoms with E-state index in [0.717, 1.165) is 27.9 Å². The van der Waals surface area contributed by atoms with Crippen molar-refractivity contribution in [2.24, 2.45) is 0 Å². The highest BCUT2D eigenvalue weighted by atomic mass is 19.1. The molecule has 4 N–H and O–H groups in total. The summed E-state index contributed by atoms with van der Waals surface area (Å²) in [6.45, 7) is 2.02. The number of nitrogens with two attached hydrogens (primary N) is 2. The highest BCUT2D eigenvalue weighted by Crippen LogP contribution is 2.38. The van der Waals surface area contributed by atoms with Crippen LogP contribution in [0.2, 0.25) is 0 Å². The van der Waals surface area contributed by atoms with E-state index in [-0.39, 0.29) is 17.9 Å². The van der Waals surface area contributed by atoms with Gasteiger partial charge in [0.15, 0.2) is 5.58 Å². The summed E-state index contributed by atoms with van der Waals surface area (Å²) in [6.07, 6.45) is 6.77. The lowest BCUT2D eigenvalue weighted by Gasteiger charge is -2.13. The molecule has 0 spiro atoms. The molecule has 0 aliphatic heterocycles. The summed E-state index contributed by atoms with van der Waals surface area (Å²) >= 11 is 0. The van der Waals surface area contributed by atoms with Crippen LogP contribution in [0.5, 0.6) is 0 Å². The lowest BCUT2D eigenvalue weighted by Crippen LogP contribution is -2.08. The molecule has 1 atom stereocenters. The third-order valence-electron chi connectivity index (χ3n) is 6.75. The van der Waals surface area contributed by atoms with Crippen molar-refractivity contribution >= 4 is 44.9 Å². The first-order valence-corrected chi connectivity index (χ1v) is 11.8. The van der Waals surface area contributed by atoms with Gasteiger partial charge in [0.2, 0.25) is 0 Å². The number of hydrogen-bond donors (Lipinski definition) is 2. The Kier molecular flexibility index (Phi) is 4.67. The van der Waals surface area contributed by atoms with Crippen molar-refractivity contribution in [2.75, 3.05) is 11.5 Å². The largest absolute Gasteiger partial charge is 0.424 e. The van der Waals surface area contributed by atoms with Crippen molar-refractivity contribution in [3.63, 3.8) is 0 Å². The third kappa shape index (κ3) is 3.29. The summed E-state index contributed by atoms with van der Waals surface area (Å²) in [6, 6.07) is 13.8. The van der Waals surface area contributed by atoms with Crippen LogP contribution in [0.4, 0.5) is 16.2 Å². The molecule has 0 saturated carbocycles. The van der Waals surface area contributed by atoms with Crippen molar-refractivity contribution in [1.29, 1.82) is 0 Å². The van der Waals surface area contributed by atoms with Crippen molar-refractivity contribution in [3.05, 3.63) is 85.0 Å². The Morgan fingerprint density at radius 2 is 1.84 bits per heavy atom. The van der Waals surface area contributed by atoms with Gasteiger partial charge in [0.05, 0.1) is 28.3 Å². The second-order valence-electron chi connectivity index (χ2n) is 8.98. The maximum Gasteiger partial charge on any atom is 0.292 e. The van der Waals surface area contributed by atoms with E-state index in [2.05, 4.69) is 19.9 Å². The zero-order valence-electron chi connectivity index (χ0n) is 20.1. The van der Waals surface area contributed by atoms with Gasteiger partial charge in [0.25, 0.3) is 6.01 Å². The van der Waals surface area contributed by atoms with Crippen LogP contribution in [0.25, 0.3) is 49.9 Å². The normalized spacial score (nSPS) is 12.6. The van der Waals surface area contributed by atoms with Gasteiger partial charge in [0.1, 0.15) is 29.1 Å². The first-order chi connectivity index (χ1) is 18.5. The lowest BCUT2D eigenvalue weighted by molar-refractivity contribution is 0.626. The average molecular weight is 506 g/mol. The Hall–Kier alpha value is -5.32. The average Bonchev–Trinajstić information content (AvgIpc) is 3.61. The summed E-state index contributed by atoms with van der Waals surface area (Å²) in [4.78, 5) is 17.2. The van der Waals surface area contributed by atoms with Crippen molar-refractivity contribution in [1.82, 2.24) is 34.3 Å². The summed E-state index contributed by atoms with van der Waals surface area (Å²) in [7, 11) is 0. The van der Waals surface area contributed by atoms with E-state index in [9.17, 15) is 4.39 Å². The van der Waals surface area contributed by atoms with Gasteiger partial charge in [-0.1, -0.05) is 6.07 Å². The van der Waals surface area contributed by atoms with E-state index < -0.39 is 0 Å². The minimum absolute atomic E-state index is 0.101. The molecule has 0 fully saturated rings. The van der Waals surface area contributed by atoms with Gasteiger partial charge in [-0.25, -0.2) is 19.0 Å². The molecule has 7 rings (SSSR count). The molecule has 10 nitrogen and oxygen atoms in total. The Bertz CT molecular complexity index is 1990. The second kappa shape index (κ2) is 8.10. The van der Waals surface area contributed by atoms with Gasteiger partial charge in [-0.2, -0.15) is 10.1 Å². The van der Waals surface area contributed by atoms with Crippen LogP contribution in [0.1, 0.15) is 18.7 Å². The number of oxazole rings is 1. The summed E-state index contributed by atoms with van der Waals surface area (Å²) in [5, 5.41) is 6.45. The van der Waals surface area contributed by atoms with E-state index >= 15 is 0 Å². The van der Waals surface area contributed by atoms with E-state index in [1.807, 2.05) is 48.0 Å². The number of nitrogen functional groups attached to an aromatic ring is 2. The molecule has 5 heterocycles. The Morgan fingerprint density at radius 3 is 2.68 bits per heavy atom. The van der Waals surface area contributed by atoms with Crippen molar-refractivity contribution in [3.8, 4) is 16.8 Å². The molecular formula is C27H20FN9O. The SMILES string of the molecule is CC(c1nn(-c2ccncc2)c2cc(F)ccc12)n1cc(-c2ccc3oc(N)nc3c2)c2c(N)ncnc21. The zero-order chi connectivity index (χ0) is 26.0. The molecule has 0 radical (unpaired) electrons. The number of anilines is 2. The fraction of sp³-hybridized carbons (Fsp3) is 0.0741. The molecule has 1 unspecified atom stereocenters. The number of benzene rings is 2. The molecular weight excluding hydrogens is 485 g/mol. The predicted octanol–water partition coefficient (Wildman–Crippen LogP) is 4.89. The van der Waals surface area contributed by atoms with Gasteiger partial charge in [-0.3, -0.25) is 4.98 Å². The number of aromatic nitrogens is 7. The van der Waals surface area contributed by atoms with Crippen LogP contribution in [0.15, 0.2) is 77.9 Å². The van der Waals surface area contributed by atoms with Gasteiger partial charge in [-0.05, 0) is 48.9 Å². The fourth-order valence-corrected chi connectivity index (χ4v) is 4.97. The van der Waals surface area contributed by atoms with Crippen LogP contribution >= 0.6 is 0 Å². The molecule has 0 bridgehead atoms. The summed E-state index contributed by atoms with van der Waals surface area (Å²) in [5.74, 6) is 0.00923. The number of nitrogens with zero attached hydrogens (tertiary/aromatic N) is 7. The molecule has 38 heavy (non-hydrogen) atoms. The summed E-state index contributed by atoms with van der Waals surface area (Å²) < 4.78 is 23.5. The molecule has 0 aliphatic carbocycles. The van der Waals surface area contributed by atoms with Crippen molar-refractivity contribution < 1.29 is 8.81 Å². The topological polar surface area (TPSA) is 139 Å². The number of hydrogen-bond acceptors (Lipinski definition) is 8. The van der Waals surface area contributed by atoms with Crippen LogP contribution < -0.4 is 11.5 Å². The van der Waals surface area contributed by atoms with E-state index in [1.54, 1.807) is 23.1 Å². The quantitative estimate of drug-likeness (QED) is 0.345. The minimum Gasteiger partial charge on any atom is -0.424 e. The maximum atomic E-state index is 14.3. The fourth-order valence-electron chi connectivity index (χ4n) is 4.97. The highest BCUT2D eigenvalue weighted by molar-refractivity contribution is 6.02. The molecule has 0 saturated heterocycles. The first-order valence-electron chi connectivity index (χ1n) is 11.8. The van der Waals surface area contributed by atoms with Gasteiger partial charge in [0, 0.05) is 35.6 Å². The van der Waals surface area contributed by atoms with Crippen LogP contribution in [-0.4, -0.2) is 34.3 Å². The molecule has 5 aromatic heterocycles. The zero-order valence-corrected chi connectivity index (χ0v) is 20.1. The second-order valence-corrected chi connectivity index (χ2v) is 8.98. The van der Waals surface area contributed by atoms with Gasteiger partial charge in [-0.15, -0.1) is 0 Å². The Morgan fingerprint density at radius 1 is 1.00 bits per heavy atom. The number of pyridine rings is 1. The maximum absolute atomic E-state index is 14.3. The number of halogens is 1. The molecule has 186 valence electrons. The van der Waals surface area contributed by atoms with Crippen LogP contribution in [0.3, 0.4) is 0 Å². The predicted molar refractivity (Wildman–Crippen MR) is 142 cm³/mol. The highest BCUT2D eigenvalue weighted by Gasteiger charge is 2.24. The number of fused-ring (bicyclic) bond motifs is 3. The van der Waals surface area contributed by atoms with E-state index in [4.69, 9.17) is 21.0 Å². The molecule has 0 amide bonds. The van der Waals surface area contributed by atoms with Crippen molar-refractivity contribution in [2.45, 2.75) is 13.0 Å². The van der Waals surface area contributed by atoms with Crippen LogP contribution in [-0.2, 0) is 0 Å². The molecule has 11 heteroatoms. The van der Waals surface area contributed by atoms with E-state index in [0.29, 0.717) is 33.5 Å². The molecule has 7 aromatic rings.